The number of nitrogens with one attached hydrogen (secondary N) is 1. The fourth-order valence-corrected chi connectivity index (χ4v) is 2.44. The lowest BCUT2D eigenvalue weighted by atomic mass is 10.1. The van der Waals surface area contributed by atoms with Gasteiger partial charge < -0.3 is 10.1 Å². The Kier molecular flexibility index (Phi) is 4.90. The Balaban J connectivity index is 1.45. The van der Waals surface area contributed by atoms with Crippen LogP contribution in [0.3, 0.4) is 0 Å². The Morgan fingerprint density at radius 3 is 2.52 bits per heavy atom. The second-order valence-corrected chi connectivity index (χ2v) is 5.70. The van der Waals surface area contributed by atoms with Crippen LogP contribution in [-0.4, -0.2) is 12.6 Å². The van der Waals surface area contributed by atoms with Gasteiger partial charge >= 0.3 is 0 Å². The van der Waals surface area contributed by atoms with Crippen LogP contribution in [0.15, 0.2) is 54.6 Å². The first-order valence-corrected chi connectivity index (χ1v) is 7.90. The third kappa shape index (κ3) is 4.61. The van der Waals surface area contributed by atoms with Crippen LogP contribution in [0.5, 0.6) is 5.75 Å². The monoisotopic (exact) mass is 281 g/mol. The quantitative estimate of drug-likeness (QED) is 0.740. The van der Waals surface area contributed by atoms with Crippen molar-refractivity contribution in [3.63, 3.8) is 0 Å². The predicted octanol–water partition coefficient (Wildman–Crippen LogP) is 3.95. The van der Waals surface area contributed by atoms with Crippen molar-refractivity contribution in [1.82, 2.24) is 5.32 Å². The molecule has 110 valence electrons. The molecule has 1 aliphatic rings. The molecule has 0 aliphatic heterocycles. The molecule has 0 unspecified atom stereocenters. The maximum atomic E-state index is 5.97. The first kappa shape index (κ1) is 14.2. The van der Waals surface area contributed by atoms with Crippen molar-refractivity contribution in [2.45, 2.75) is 38.3 Å². The van der Waals surface area contributed by atoms with E-state index < -0.39 is 0 Å². The molecule has 2 nitrogen and oxygen atoms in total. The topological polar surface area (TPSA) is 21.3 Å². The Morgan fingerprint density at radius 2 is 1.71 bits per heavy atom. The second-order valence-electron chi connectivity index (χ2n) is 5.70. The van der Waals surface area contributed by atoms with Gasteiger partial charge in [0.15, 0.2) is 0 Å². The summed E-state index contributed by atoms with van der Waals surface area (Å²) in [5, 5.41) is 3.55. The Morgan fingerprint density at radius 1 is 0.952 bits per heavy atom. The molecule has 0 aromatic heterocycles. The minimum absolute atomic E-state index is 0.733. The van der Waals surface area contributed by atoms with Crippen LogP contribution in [-0.2, 0) is 13.0 Å². The third-order valence-corrected chi connectivity index (χ3v) is 3.84. The van der Waals surface area contributed by atoms with Gasteiger partial charge in [0.25, 0.3) is 0 Å². The summed E-state index contributed by atoms with van der Waals surface area (Å²) in [6.45, 7) is 1.69. The number of ether oxygens (including phenoxy) is 1. The average molecular weight is 281 g/mol. The van der Waals surface area contributed by atoms with E-state index in [1.807, 2.05) is 6.07 Å². The Labute approximate surface area is 127 Å². The molecule has 0 heterocycles. The molecule has 2 heteroatoms. The highest BCUT2D eigenvalue weighted by molar-refractivity contribution is 5.33. The molecule has 0 amide bonds. The molecule has 2 aromatic rings. The van der Waals surface area contributed by atoms with E-state index in [1.165, 1.54) is 24.0 Å². The lowest BCUT2D eigenvalue weighted by molar-refractivity contribution is 0.307. The number of rotatable bonds is 8. The molecule has 0 spiro atoms. The van der Waals surface area contributed by atoms with Gasteiger partial charge in [0.1, 0.15) is 5.75 Å². The largest absolute Gasteiger partial charge is 0.493 e. The van der Waals surface area contributed by atoms with Crippen molar-refractivity contribution in [3.05, 3.63) is 65.7 Å². The van der Waals surface area contributed by atoms with E-state index in [2.05, 4.69) is 53.8 Å². The highest BCUT2D eigenvalue weighted by Gasteiger charge is 2.20. The molecule has 0 radical (unpaired) electrons. The van der Waals surface area contributed by atoms with Crippen LogP contribution >= 0.6 is 0 Å². The highest BCUT2D eigenvalue weighted by atomic mass is 16.5. The maximum Gasteiger partial charge on any atom is 0.123 e. The van der Waals surface area contributed by atoms with Crippen molar-refractivity contribution >= 4 is 0 Å². The van der Waals surface area contributed by atoms with Gasteiger partial charge in [-0.1, -0.05) is 48.5 Å². The van der Waals surface area contributed by atoms with Crippen LogP contribution in [0.4, 0.5) is 0 Å². The van der Waals surface area contributed by atoms with Crippen LogP contribution in [0.1, 0.15) is 30.4 Å². The Bertz CT molecular complexity index is 549. The smallest absolute Gasteiger partial charge is 0.123 e. The van der Waals surface area contributed by atoms with Gasteiger partial charge in [-0.05, 0) is 37.3 Å². The molecule has 1 saturated carbocycles. The molecule has 0 bridgehead atoms. The number of hydrogen-bond acceptors (Lipinski definition) is 2. The standard InChI is InChI=1S/C19H23NO/c1-2-7-16(8-3-1)9-6-14-21-19-11-5-4-10-17(19)15-20-18-12-13-18/h1-5,7-8,10-11,18,20H,6,9,12-15H2. The summed E-state index contributed by atoms with van der Waals surface area (Å²) in [5.41, 5.74) is 2.65. The van der Waals surface area contributed by atoms with E-state index >= 15 is 0 Å². The lowest BCUT2D eigenvalue weighted by Crippen LogP contribution is -2.16. The molecule has 1 fully saturated rings. The molecule has 1 N–H and O–H groups in total. The average Bonchev–Trinajstić information content (AvgIpc) is 3.36. The first-order chi connectivity index (χ1) is 10.4. The summed E-state index contributed by atoms with van der Waals surface area (Å²) in [7, 11) is 0. The van der Waals surface area contributed by atoms with E-state index in [-0.39, 0.29) is 0 Å². The van der Waals surface area contributed by atoms with Crippen molar-refractivity contribution in [2.75, 3.05) is 6.61 Å². The summed E-state index contributed by atoms with van der Waals surface area (Å²) < 4.78 is 5.97. The summed E-state index contributed by atoms with van der Waals surface area (Å²) in [4.78, 5) is 0. The lowest BCUT2D eigenvalue weighted by Gasteiger charge is -2.12. The van der Waals surface area contributed by atoms with E-state index in [0.717, 1.165) is 37.8 Å². The van der Waals surface area contributed by atoms with Crippen LogP contribution < -0.4 is 10.1 Å². The van der Waals surface area contributed by atoms with E-state index in [1.54, 1.807) is 0 Å². The number of para-hydroxylation sites is 1. The van der Waals surface area contributed by atoms with E-state index in [9.17, 15) is 0 Å². The number of benzene rings is 2. The number of hydrogen-bond donors (Lipinski definition) is 1. The van der Waals surface area contributed by atoms with Gasteiger partial charge in [-0.2, -0.15) is 0 Å². The SMILES string of the molecule is c1ccc(CCCOc2ccccc2CNC2CC2)cc1. The zero-order valence-corrected chi connectivity index (χ0v) is 12.4. The van der Waals surface area contributed by atoms with Gasteiger partial charge in [-0.3, -0.25) is 0 Å². The highest BCUT2D eigenvalue weighted by Crippen LogP contribution is 2.22. The number of aryl methyl sites for hydroxylation is 1. The van der Waals surface area contributed by atoms with Gasteiger partial charge in [-0.25, -0.2) is 0 Å². The van der Waals surface area contributed by atoms with Crippen molar-refractivity contribution < 1.29 is 4.74 Å². The molecule has 0 atom stereocenters. The van der Waals surface area contributed by atoms with Crippen LogP contribution in [0.25, 0.3) is 0 Å². The normalized spacial score (nSPS) is 14.1. The summed E-state index contributed by atoms with van der Waals surface area (Å²) in [5.74, 6) is 1.03. The molecule has 1 aliphatic carbocycles. The van der Waals surface area contributed by atoms with Crippen molar-refractivity contribution in [2.24, 2.45) is 0 Å². The molecular formula is C19H23NO. The van der Waals surface area contributed by atoms with Gasteiger partial charge in [0.05, 0.1) is 6.61 Å². The first-order valence-electron chi connectivity index (χ1n) is 7.90. The molecular weight excluding hydrogens is 258 g/mol. The van der Waals surface area contributed by atoms with Gasteiger partial charge in [0.2, 0.25) is 0 Å². The van der Waals surface area contributed by atoms with E-state index in [0.29, 0.717) is 0 Å². The summed E-state index contributed by atoms with van der Waals surface area (Å²) >= 11 is 0. The minimum atomic E-state index is 0.733. The fourth-order valence-electron chi connectivity index (χ4n) is 2.44. The van der Waals surface area contributed by atoms with Crippen molar-refractivity contribution in [3.8, 4) is 5.75 Å². The summed E-state index contributed by atoms with van der Waals surface area (Å²) in [6.07, 6.45) is 4.76. The molecule has 3 rings (SSSR count). The van der Waals surface area contributed by atoms with Gasteiger partial charge in [-0.15, -0.1) is 0 Å². The predicted molar refractivity (Wildman–Crippen MR) is 86.6 cm³/mol. The second kappa shape index (κ2) is 7.28. The maximum absolute atomic E-state index is 5.97. The van der Waals surface area contributed by atoms with Crippen LogP contribution in [0, 0.1) is 0 Å². The Hall–Kier alpha value is -1.80. The van der Waals surface area contributed by atoms with E-state index in [4.69, 9.17) is 4.74 Å². The summed E-state index contributed by atoms with van der Waals surface area (Å²) in [6, 6.07) is 19.7. The van der Waals surface area contributed by atoms with Crippen molar-refractivity contribution in [1.29, 1.82) is 0 Å². The third-order valence-electron chi connectivity index (χ3n) is 3.84. The van der Waals surface area contributed by atoms with Crippen LogP contribution in [0.2, 0.25) is 0 Å². The fraction of sp³-hybridized carbons (Fsp3) is 0.368. The molecule has 0 saturated heterocycles. The minimum Gasteiger partial charge on any atom is -0.493 e. The molecule has 2 aromatic carbocycles. The van der Waals surface area contributed by atoms with Gasteiger partial charge in [0, 0.05) is 18.2 Å². The zero-order chi connectivity index (χ0) is 14.3. The molecule has 21 heavy (non-hydrogen) atoms. The zero-order valence-electron chi connectivity index (χ0n) is 12.4.